The highest BCUT2D eigenvalue weighted by molar-refractivity contribution is 6.03. The minimum atomic E-state index is -0.948. The van der Waals surface area contributed by atoms with E-state index in [2.05, 4.69) is 0 Å². The molecule has 1 aliphatic carbocycles. The number of hydrogen-bond acceptors (Lipinski definition) is 4. The number of carboxylic acid groups (broad SMARTS) is 1. The van der Waals surface area contributed by atoms with Gasteiger partial charge in [-0.1, -0.05) is 0 Å². The SMILES string of the molecule is COc1cc2c(c(OC)c1)C(=O)C[C@H](C(=O)O)C2. The van der Waals surface area contributed by atoms with Gasteiger partial charge in [0.15, 0.2) is 5.78 Å². The lowest BCUT2D eigenvalue weighted by atomic mass is 9.82. The highest BCUT2D eigenvalue weighted by Crippen LogP contribution is 2.35. The number of rotatable bonds is 3. The second kappa shape index (κ2) is 4.68. The van der Waals surface area contributed by atoms with Gasteiger partial charge in [0.2, 0.25) is 0 Å². The van der Waals surface area contributed by atoms with Crippen molar-refractivity contribution in [2.24, 2.45) is 5.92 Å². The third-order valence-electron chi connectivity index (χ3n) is 3.14. The van der Waals surface area contributed by atoms with E-state index in [1.54, 1.807) is 12.1 Å². The van der Waals surface area contributed by atoms with Crippen molar-refractivity contribution in [3.05, 3.63) is 23.3 Å². The minimum Gasteiger partial charge on any atom is -0.497 e. The molecule has 0 amide bonds. The summed E-state index contributed by atoms with van der Waals surface area (Å²) in [4.78, 5) is 23.0. The van der Waals surface area contributed by atoms with Crippen molar-refractivity contribution in [2.75, 3.05) is 14.2 Å². The maximum atomic E-state index is 12.0. The Kier molecular flexibility index (Phi) is 3.23. The molecule has 1 N–H and O–H groups in total. The number of Topliss-reactive ketones (excluding diaryl/α,β-unsaturated/α-hetero) is 1. The van der Waals surface area contributed by atoms with Gasteiger partial charge < -0.3 is 14.6 Å². The number of methoxy groups -OCH3 is 2. The van der Waals surface area contributed by atoms with Crippen LogP contribution in [-0.4, -0.2) is 31.1 Å². The summed E-state index contributed by atoms with van der Waals surface area (Å²) < 4.78 is 10.3. The van der Waals surface area contributed by atoms with Gasteiger partial charge in [-0.15, -0.1) is 0 Å². The molecule has 5 nitrogen and oxygen atoms in total. The van der Waals surface area contributed by atoms with Crippen molar-refractivity contribution in [1.82, 2.24) is 0 Å². The molecule has 0 aliphatic heterocycles. The number of ether oxygens (including phenoxy) is 2. The Morgan fingerprint density at radius 2 is 2.00 bits per heavy atom. The Labute approximate surface area is 104 Å². The molecule has 96 valence electrons. The van der Waals surface area contributed by atoms with Crippen LogP contribution in [0.25, 0.3) is 0 Å². The number of carboxylic acids is 1. The van der Waals surface area contributed by atoms with Crippen LogP contribution in [0.5, 0.6) is 11.5 Å². The van der Waals surface area contributed by atoms with Crippen LogP contribution >= 0.6 is 0 Å². The van der Waals surface area contributed by atoms with Crippen molar-refractivity contribution in [1.29, 1.82) is 0 Å². The standard InChI is InChI=1S/C13H14O5/c1-17-9-4-7-3-8(13(15)16)5-10(14)12(7)11(6-9)18-2/h4,6,8H,3,5H2,1-2H3,(H,15,16)/t8-/m1/s1. The van der Waals surface area contributed by atoms with Crippen molar-refractivity contribution in [3.63, 3.8) is 0 Å². The van der Waals surface area contributed by atoms with E-state index in [1.165, 1.54) is 14.2 Å². The van der Waals surface area contributed by atoms with Crippen LogP contribution in [0.15, 0.2) is 12.1 Å². The summed E-state index contributed by atoms with van der Waals surface area (Å²) in [5, 5.41) is 9.02. The van der Waals surface area contributed by atoms with Crippen LogP contribution in [-0.2, 0) is 11.2 Å². The maximum absolute atomic E-state index is 12.0. The maximum Gasteiger partial charge on any atom is 0.307 e. The van der Waals surface area contributed by atoms with Gasteiger partial charge in [-0.3, -0.25) is 9.59 Å². The largest absolute Gasteiger partial charge is 0.497 e. The highest BCUT2D eigenvalue weighted by atomic mass is 16.5. The van der Waals surface area contributed by atoms with Gasteiger partial charge >= 0.3 is 5.97 Å². The first-order valence-electron chi connectivity index (χ1n) is 5.57. The number of fused-ring (bicyclic) bond motifs is 1. The Morgan fingerprint density at radius 3 is 2.56 bits per heavy atom. The fraction of sp³-hybridized carbons (Fsp3) is 0.385. The number of aliphatic carboxylic acids is 1. The van der Waals surface area contributed by atoms with Crippen LogP contribution in [0.2, 0.25) is 0 Å². The van der Waals surface area contributed by atoms with Crippen molar-refractivity contribution in [2.45, 2.75) is 12.8 Å². The van der Waals surface area contributed by atoms with Crippen LogP contribution < -0.4 is 9.47 Å². The molecule has 1 aromatic rings. The quantitative estimate of drug-likeness (QED) is 0.880. The summed E-state index contributed by atoms with van der Waals surface area (Å²) in [6, 6.07) is 3.34. The Morgan fingerprint density at radius 1 is 1.28 bits per heavy atom. The summed E-state index contributed by atoms with van der Waals surface area (Å²) in [5.74, 6) is -0.802. The van der Waals surface area contributed by atoms with Gasteiger partial charge in [0.25, 0.3) is 0 Å². The summed E-state index contributed by atoms with van der Waals surface area (Å²) >= 11 is 0. The number of ketones is 1. The summed E-state index contributed by atoms with van der Waals surface area (Å²) in [7, 11) is 2.99. The van der Waals surface area contributed by atoms with Crippen LogP contribution in [0.1, 0.15) is 22.3 Å². The number of hydrogen-bond donors (Lipinski definition) is 1. The molecule has 0 aromatic heterocycles. The Hall–Kier alpha value is -2.04. The molecule has 1 aromatic carbocycles. The first kappa shape index (κ1) is 12.4. The zero-order valence-corrected chi connectivity index (χ0v) is 10.2. The fourth-order valence-electron chi connectivity index (χ4n) is 2.24. The second-order valence-corrected chi connectivity index (χ2v) is 4.23. The molecule has 0 heterocycles. The lowest BCUT2D eigenvalue weighted by molar-refractivity contribution is -0.141. The minimum absolute atomic E-state index is 0.0189. The molecule has 0 fully saturated rings. The molecule has 0 saturated heterocycles. The molecule has 0 unspecified atom stereocenters. The topological polar surface area (TPSA) is 72.8 Å². The molecule has 5 heteroatoms. The smallest absolute Gasteiger partial charge is 0.307 e. The van der Waals surface area contributed by atoms with Crippen LogP contribution in [0.3, 0.4) is 0 Å². The third-order valence-corrected chi connectivity index (χ3v) is 3.14. The Balaban J connectivity index is 2.51. The normalized spacial score (nSPS) is 18.1. The average molecular weight is 250 g/mol. The summed E-state index contributed by atoms with van der Waals surface area (Å²) in [6.07, 6.45) is 0.342. The zero-order chi connectivity index (χ0) is 13.3. The summed E-state index contributed by atoms with van der Waals surface area (Å²) in [6.45, 7) is 0. The van der Waals surface area contributed by atoms with Crippen molar-refractivity contribution < 1.29 is 24.2 Å². The van der Waals surface area contributed by atoms with Gasteiger partial charge in [-0.25, -0.2) is 0 Å². The van der Waals surface area contributed by atoms with Gasteiger partial charge in [-0.05, 0) is 18.1 Å². The van der Waals surface area contributed by atoms with Gasteiger partial charge in [0.1, 0.15) is 11.5 Å². The lowest BCUT2D eigenvalue weighted by Crippen LogP contribution is -2.26. The Bertz CT molecular complexity index is 506. The highest BCUT2D eigenvalue weighted by Gasteiger charge is 2.32. The zero-order valence-electron chi connectivity index (χ0n) is 10.2. The number of carbonyl (C=O) groups excluding carboxylic acids is 1. The van der Waals surface area contributed by atoms with E-state index >= 15 is 0 Å². The fourth-order valence-corrected chi connectivity index (χ4v) is 2.24. The van der Waals surface area contributed by atoms with E-state index < -0.39 is 11.9 Å². The first-order valence-corrected chi connectivity index (χ1v) is 5.57. The van der Waals surface area contributed by atoms with Gasteiger partial charge in [0, 0.05) is 12.5 Å². The molecule has 18 heavy (non-hydrogen) atoms. The van der Waals surface area contributed by atoms with Gasteiger partial charge in [-0.2, -0.15) is 0 Å². The number of benzene rings is 1. The molecular formula is C13H14O5. The van der Waals surface area contributed by atoms with E-state index in [0.717, 1.165) is 0 Å². The predicted molar refractivity (Wildman–Crippen MR) is 63.3 cm³/mol. The third kappa shape index (κ3) is 2.03. The molecule has 0 radical (unpaired) electrons. The van der Waals surface area contributed by atoms with E-state index in [-0.39, 0.29) is 12.2 Å². The van der Waals surface area contributed by atoms with Crippen molar-refractivity contribution in [3.8, 4) is 11.5 Å². The molecule has 0 saturated carbocycles. The molecule has 2 rings (SSSR count). The summed E-state index contributed by atoms with van der Waals surface area (Å²) in [5.41, 5.74) is 1.16. The van der Waals surface area contributed by atoms with Crippen molar-refractivity contribution >= 4 is 11.8 Å². The van der Waals surface area contributed by atoms with E-state index in [4.69, 9.17) is 14.6 Å². The van der Waals surface area contributed by atoms with E-state index in [0.29, 0.717) is 29.0 Å². The molecular weight excluding hydrogens is 236 g/mol. The average Bonchev–Trinajstić information content (AvgIpc) is 2.36. The first-order chi connectivity index (χ1) is 8.56. The lowest BCUT2D eigenvalue weighted by Gasteiger charge is -2.23. The molecule has 0 bridgehead atoms. The predicted octanol–water partition coefficient (Wildman–Crippen LogP) is 1.53. The molecule has 1 aliphatic rings. The van der Waals surface area contributed by atoms with E-state index in [1.807, 2.05) is 0 Å². The van der Waals surface area contributed by atoms with E-state index in [9.17, 15) is 9.59 Å². The number of carbonyl (C=O) groups is 2. The van der Waals surface area contributed by atoms with Crippen LogP contribution in [0.4, 0.5) is 0 Å². The van der Waals surface area contributed by atoms with Crippen LogP contribution in [0, 0.1) is 5.92 Å². The molecule has 0 spiro atoms. The molecule has 1 atom stereocenters. The van der Waals surface area contributed by atoms with Gasteiger partial charge in [0.05, 0.1) is 25.7 Å². The second-order valence-electron chi connectivity index (χ2n) is 4.23. The monoisotopic (exact) mass is 250 g/mol.